The molecule has 0 spiro atoms. The van der Waals surface area contributed by atoms with Gasteiger partial charge < -0.3 is 15.3 Å². The third-order valence-corrected chi connectivity index (χ3v) is 2.73. The van der Waals surface area contributed by atoms with Crippen LogP contribution in [0.15, 0.2) is 30.3 Å². The van der Waals surface area contributed by atoms with Crippen LogP contribution in [0.4, 0.5) is 5.69 Å². The number of anilines is 1. The lowest BCUT2D eigenvalue weighted by Gasteiger charge is -2.16. The maximum Gasteiger partial charge on any atom is 0.241 e. The van der Waals surface area contributed by atoms with Crippen LogP contribution >= 0.6 is 0 Å². The number of nitrogens with one attached hydrogen (secondary N) is 1. The molecule has 0 radical (unpaired) electrons. The number of hydrogen-bond donors (Lipinski definition) is 2. The van der Waals surface area contributed by atoms with E-state index in [1.807, 2.05) is 30.3 Å². The molecule has 86 valence electrons. The summed E-state index contributed by atoms with van der Waals surface area (Å²) in [6, 6.07) is 9.63. The predicted molar refractivity (Wildman–Crippen MR) is 62.1 cm³/mol. The SMILES string of the molecule is O=C(CNc1ccccc1)N1CC[C@@H](O)C1. The van der Waals surface area contributed by atoms with E-state index < -0.39 is 0 Å². The summed E-state index contributed by atoms with van der Waals surface area (Å²) in [5.74, 6) is 0.0420. The summed E-state index contributed by atoms with van der Waals surface area (Å²) in [5, 5.41) is 12.4. The molecular formula is C12H16N2O2. The van der Waals surface area contributed by atoms with E-state index in [9.17, 15) is 9.90 Å². The van der Waals surface area contributed by atoms with Crippen molar-refractivity contribution in [1.82, 2.24) is 4.90 Å². The Morgan fingerprint density at radius 2 is 2.19 bits per heavy atom. The minimum atomic E-state index is -0.347. The highest BCUT2D eigenvalue weighted by Crippen LogP contribution is 2.09. The Balaban J connectivity index is 1.80. The quantitative estimate of drug-likeness (QED) is 0.788. The molecule has 4 nitrogen and oxygen atoms in total. The summed E-state index contributed by atoms with van der Waals surface area (Å²) >= 11 is 0. The largest absolute Gasteiger partial charge is 0.391 e. The lowest BCUT2D eigenvalue weighted by atomic mass is 10.3. The van der Waals surface area contributed by atoms with E-state index >= 15 is 0 Å². The normalized spacial score (nSPS) is 19.8. The summed E-state index contributed by atoms with van der Waals surface area (Å²) in [6.07, 6.45) is 0.345. The number of carbonyl (C=O) groups excluding carboxylic acids is 1. The summed E-state index contributed by atoms with van der Waals surface area (Å²) in [4.78, 5) is 13.4. The number of aliphatic hydroxyl groups excluding tert-OH is 1. The van der Waals surface area contributed by atoms with Gasteiger partial charge in [0.1, 0.15) is 0 Å². The molecule has 1 aromatic rings. The van der Waals surface area contributed by atoms with Crippen LogP contribution in [0.3, 0.4) is 0 Å². The summed E-state index contributed by atoms with van der Waals surface area (Å²) in [6.45, 7) is 1.42. The number of hydrogen-bond acceptors (Lipinski definition) is 3. The Morgan fingerprint density at radius 3 is 2.81 bits per heavy atom. The molecule has 0 aromatic heterocycles. The standard InChI is InChI=1S/C12H16N2O2/c15-11-6-7-14(9-11)12(16)8-13-10-4-2-1-3-5-10/h1-5,11,13,15H,6-9H2/t11-/m1/s1. The first-order valence-electron chi connectivity index (χ1n) is 5.50. The first-order chi connectivity index (χ1) is 7.75. The van der Waals surface area contributed by atoms with E-state index in [2.05, 4.69) is 5.32 Å². The molecule has 1 aliphatic heterocycles. The highest BCUT2D eigenvalue weighted by atomic mass is 16.3. The first-order valence-corrected chi connectivity index (χ1v) is 5.50. The van der Waals surface area contributed by atoms with Gasteiger partial charge in [-0.2, -0.15) is 0 Å². The molecule has 1 fully saturated rings. The van der Waals surface area contributed by atoms with Gasteiger partial charge in [-0.3, -0.25) is 4.79 Å². The molecule has 0 unspecified atom stereocenters. The van der Waals surface area contributed by atoms with Gasteiger partial charge in [0.2, 0.25) is 5.91 Å². The number of benzene rings is 1. The van der Waals surface area contributed by atoms with Crippen LogP contribution in [0.1, 0.15) is 6.42 Å². The average molecular weight is 220 g/mol. The lowest BCUT2D eigenvalue weighted by Crippen LogP contribution is -2.34. The van der Waals surface area contributed by atoms with Crippen molar-refractivity contribution in [3.05, 3.63) is 30.3 Å². The average Bonchev–Trinajstić information content (AvgIpc) is 2.74. The van der Waals surface area contributed by atoms with Crippen molar-refractivity contribution >= 4 is 11.6 Å². The third-order valence-electron chi connectivity index (χ3n) is 2.73. The highest BCUT2D eigenvalue weighted by molar-refractivity contribution is 5.81. The van der Waals surface area contributed by atoms with E-state index in [1.54, 1.807) is 4.90 Å². The predicted octanol–water partition coefficient (Wildman–Crippen LogP) is 0.692. The fourth-order valence-corrected chi connectivity index (χ4v) is 1.81. The fraction of sp³-hybridized carbons (Fsp3) is 0.417. The van der Waals surface area contributed by atoms with Crippen LogP contribution in [0.2, 0.25) is 0 Å². The zero-order chi connectivity index (χ0) is 11.4. The van der Waals surface area contributed by atoms with Crippen LogP contribution in [0, 0.1) is 0 Å². The summed E-state index contributed by atoms with van der Waals surface area (Å²) < 4.78 is 0. The monoisotopic (exact) mass is 220 g/mol. The zero-order valence-electron chi connectivity index (χ0n) is 9.10. The van der Waals surface area contributed by atoms with Crippen molar-refractivity contribution in [2.45, 2.75) is 12.5 Å². The van der Waals surface area contributed by atoms with E-state index in [-0.39, 0.29) is 18.6 Å². The minimum absolute atomic E-state index is 0.0420. The van der Waals surface area contributed by atoms with Gasteiger partial charge in [-0.1, -0.05) is 18.2 Å². The van der Waals surface area contributed by atoms with Crippen LogP contribution in [-0.2, 0) is 4.79 Å². The number of para-hydroxylation sites is 1. The second-order valence-corrected chi connectivity index (χ2v) is 4.00. The van der Waals surface area contributed by atoms with Crippen LogP contribution in [0.25, 0.3) is 0 Å². The van der Waals surface area contributed by atoms with Gasteiger partial charge in [0.15, 0.2) is 0 Å². The number of likely N-dealkylation sites (tertiary alicyclic amines) is 1. The number of amides is 1. The van der Waals surface area contributed by atoms with Gasteiger partial charge in [-0.25, -0.2) is 0 Å². The molecule has 4 heteroatoms. The fourth-order valence-electron chi connectivity index (χ4n) is 1.81. The third kappa shape index (κ3) is 2.73. The van der Waals surface area contributed by atoms with Gasteiger partial charge in [0.25, 0.3) is 0 Å². The highest BCUT2D eigenvalue weighted by Gasteiger charge is 2.23. The van der Waals surface area contributed by atoms with Crippen molar-refractivity contribution < 1.29 is 9.90 Å². The van der Waals surface area contributed by atoms with Gasteiger partial charge in [0.05, 0.1) is 12.6 Å². The molecule has 2 rings (SSSR count). The molecule has 1 atom stereocenters. The van der Waals surface area contributed by atoms with Gasteiger partial charge in [0, 0.05) is 18.8 Å². The van der Waals surface area contributed by atoms with E-state index in [1.165, 1.54) is 0 Å². The molecule has 0 saturated carbocycles. The Bertz CT molecular complexity index is 353. The second kappa shape index (κ2) is 4.99. The van der Waals surface area contributed by atoms with Crippen molar-refractivity contribution in [3.63, 3.8) is 0 Å². The minimum Gasteiger partial charge on any atom is -0.391 e. The number of nitrogens with zero attached hydrogens (tertiary/aromatic N) is 1. The van der Waals surface area contributed by atoms with Crippen molar-refractivity contribution in [3.8, 4) is 0 Å². The summed E-state index contributed by atoms with van der Waals surface area (Å²) in [7, 11) is 0. The molecular weight excluding hydrogens is 204 g/mol. The van der Waals surface area contributed by atoms with E-state index in [0.29, 0.717) is 19.5 Å². The second-order valence-electron chi connectivity index (χ2n) is 4.00. The Kier molecular flexibility index (Phi) is 3.41. The first kappa shape index (κ1) is 11.0. The van der Waals surface area contributed by atoms with Crippen LogP contribution < -0.4 is 5.32 Å². The topological polar surface area (TPSA) is 52.6 Å². The number of rotatable bonds is 3. The lowest BCUT2D eigenvalue weighted by molar-refractivity contribution is -0.128. The van der Waals surface area contributed by atoms with Crippen molar-refractivity contribution in [2.24, 2.45) is 0 Å². The smallest absolute Gasteiger partial charge is 0.241 e. The Labute approximate surface area is 94.9 Å². The molecule has 0 bridgehead atoms. The van der Waals surface area contributed by atoms with Gasteiger partial charge in [-0.15, -0.1) is 0 Å². The van der Waals surface area contributed by atoms with E-state index in [0.717, 1.165) is 5.69 Å². The van der Waals surface area contributed by atoms with Gasteiger partial charge in [-0.05, 0) is 18.6 Å². The van der Waals surface area contributed by atoms with Crippen LogP contribution in [-0.4, -0.2) is 41.7 Å². The Hall–Kier alpha value is -1.55. The molecule has 2 N–H and O–H groups in total. The number of β-amino-alcohol motifs (C(OH)–C–C–N with tert-alkyl or cyclic N) is 1. The molecule has 1 heterocycles. The maximum atomic E-state index is 11.7. The van der Waals surface area contributed by atoms with Gasteiger partial charge >= 0.3 is 0 Å². The number of aliphatic hydroxyl groups is 1. The molecule has 0 aliphatic carbocycles. The molecule has 1 amide bonds. The molecule has 1 aliphatic rings. The molecule has 1 saturated heterocycles. The molecule has 16 heavy (non-hydrogen) atoms. The van der Waals surface area contributed by atoms with Crippen molar-refractivity contribution in [2.75, 3.05) is 25.0 Å². The number of carbonyl (C=O) groups is 1. The molecule has 1 aromatic carbocycles. The summed E-state index contributed by atoms with van der Waals surface area (Å²) in [5.41, 5.74) is 0.940. The van der Waals surface area contributed by atoms with E-state index in [4.69, 9.17) is 0 Å². The van der Waals surface area contributed by atoms with Crippen LogP contribution in [0.5, 0.6) is 0 Å². The van der Waals surface area contributed by atoms with Crippen molar-refractivity contribution in [1.29, 1.82) is 0 Å². The Morgan fingerprint density at radius 1 is 1.44 bits per heavy atom. The zero-order valence-corrected chi connectivity index (χ0v) is 9.10. The maximum absolute atomic E-state index is 11.7.